The number of benzene rings is 1. The van der Waals surface area contributed by atoms with Crippen LogP contribution in [0.15, 0.2) is 30.3 Å². The van der Waals surface area contributed by atoms with E-state index in [4.69, 9.17) is 0 Å². The maximum Gasteiger partial charge on any atom is 0.0541 e. The molecule has 1 aliphatic carbocycles. The lowest BCUT2D eigenvalue weighted by Crippen LogP contribution is -2.55. The predicted molar refractivity (Wildman–Crippen MR) is 86.1 cm³/mol. The Morgan fingerprint density at radius 1 is 1.05 bits per heavy atom. The summed E-state index contributed by atoms with van der Waals surface area (Å²) in [7, 11) is 0. The van der Waals surface area contributed by atoms with Crippen molar-refractivity contribution in [1.29, 1.82) is 0 Å². The quantitative estimate of drug-likeness (QED) is 0.926. The van der Waals surface area contributed by atoms with Gasteiger partial charge in [0, 0.05) is 38.3 Å². The molecule has 1 saturated heterocycles. The summed E-state index contributed by atoms with van der Waals surface area (Å²) in [5.41, 5.74) is 1.42. The molecule has 1 aromatic rings. The Balaban J connectivity index is 1.52. The lowest BCUT2D eigenvalue weighted by molar-refractivity contribution is 0.0192. The number of piperazine rings is 1. The van der Waals surface area contributed by atoms with Crippen molar-refractivity contribution < 1.29 is 5.11 Å². The smallest absolute Gasteiger partial charge is 0.0541 e. The summed E-state index contributed by atoms with van der Waals surface area (Å²) in [6, 6.07) is 12.1. The van der Waals surface area contributed by atoms with E-state index in [0.717, 1.165) is 25.9 Å². The maximum atomic E-state index is 9.66. The SMILES string of the molecule is CC1CN(C2CCC(O)CC2)CCN1Cc1ccccc1. The highest BCUT2D eigenvalue weighted by molar-refractivity contribution is 5.14. The molecule has 3 rings (SSSR count). The summed E-state index contributed by atoms with van der Waals surface area (Å²) < 4.78 is 0. The average molecular weight is 288 g/mol. The second-order valence-corrected chi connectivity index (χ2v) is 6.76. The van der Waals surface area contributed by atoms with Crippen LogP contribution in [0.2, 0.25) is 0 Å². The number of aliphatic hydroxyl groups excluding tert-OH is 1. The zero-order valence-electron chi connectivity index (χ0n) is 13.1. The van der Waals surface area contributed by atoms with Crippen LogP contribution in [0.1, 0.15) is 38.2 Å². The Morgan fingerprint density at radius 2 is 1.76 bits per heavy atom. The highest BCUT2D eigenvalue weighted by Gasteiger charge is 2.30. The number of aliphatic hydroxyl groups is 1. The van der Waals surface area contributed by atoms with Crippen LogP contribution in [0.4, 0.5) is 0 Å². The molecule has 1 aliphatic heterocycles. The molecule has 2 aliphatic rings. The number of rotatable bonds is 3. The first-order valence-corrected chi connectivity index (χ1v) is 8.42. The van der Waals surface area contributed by atoms with E-state index < -0.39 is 0 Å². The van der Waals surface area contributed by atoms with Crippen molar-refractivity contribution in [2.24, 2.45) is 0 Å². The largest absolute Gasteiger partial charge is 0.393 e. The minimum atomic E-state index is -0.0435. The van der Waals surface area contributed by atoms with E-state index >= 15 is 0 Å². The molecule has 0 radical (unpaired) electrons. The summed E-state index contributed by atoms with van der Waals surface area (Å²) in [4.78, 5) is 5.27. The van der Waals surface area contributed by atoms with Gasteiger partial charge in [0.25, 0.3) is 0 Å². The van der Waals surface area contributed by atoms with Crippen molar-refractivity contribution in [3.8, 4) is 0 Å². The van der Waals surface area contributed by atoms with E-state index in [-0.39, 0.29) is 6.10 Å². The third-order valence-corrected chi connectivity index (χ3v) is 5.21. The predicted octanol–water partition coefficient (Wildman–Crippen LogP) is 2.50. The summed E-state index contributed by atoms with van der Waals surface area (Å²) in [6.07, 6.45) is 4.28. The van der Waals surface area contributed by atoms with Crippen LogP contribution in [0.3, 0.4) is 0 Å². The van der Waals surface area contributed by atoms with E-state index in [1.165, 1.54) is 31.5 Å². The molecule has 3 nitrogen and oxygen atoms in total. The van der Waals surface area contributed by atoms with Crippen LogP contribution in [0.25, 0.3) is 0 Å². The van der Waals surface area contributed by atoms with Crippen molar-refractivity contribution in [1.82, 2.24) is 9.80 Å². The molecule has 21 heavy (non-hydrogen) atoms. The number of nitrogens with zero attached hydrogens (tertiary/aromatic N) is 2. The van der Waals surface area contributed by atoms with Crippen molar-refractivity contribution in [2.45, 2.75) is 57.3 Å². The summed E-state index contributed by atoms with van der Waals surface area (Å²) in [6.45, 7) is 6.94. The fraction of sp³-hybridized carbons (Fsp3) is 0.667. The minimum Gasteiger partial charge on any atom is -0.393 e. The normalized spacial score (nSPS) is 32.2. The van der Waals surface area contributed by atoms with Gasteiger partial charge in [0.2, 0.25) is 0 Å². The number of hydrogen-bond donors (Lipinski definition) is 1. The fourth-order valence-electron chi connectivity index (χ4n) is 3.83. The standard InChI is InChI=1S/C18H28N2O/c1-15-13-20(17-7-9-18(21)10-8-17)12-11-19(15)14-16-5-3-2-4-6-16/h2-6,15,17-18,21H,7-14H2,1H3. The maximum absolute atomic E-state index is 9.66. The Bertz CT molecular complexity index is 428. The summed E-state index contributed by atoms with van der Waals surface area (Å²) in [5, 5.41) is 9.66. The van der Waals surface area contributed by atoms with Gasteiger partial charge in [-0.3, -0.25) is 9.80 Å². The molecule has 0 spiro atoms. The Kier molecular flexibility index (Phi) is 4.94. The van der Waals surface area contributed by atoms with Crippen LogP contribution in [-0.2, 0) is 6.54 Å². The average Bonchev–Trinajstić information content (AvgIpc) is 2.51. The van der Waals surface area contributed by atoms with Gasteiger partial charge in [0.15, 0.2) is 0 Å². The minimum absolute atomic E-state index is 0.0435. The van der Waals surface area contributed by atoms with E-state index in [9.17, 15) is 5.11 Å². The van der Waals surface area contributed by atoms with Gasteiger partial charge in [-0.05, 0) is 38.2 Å². The first-order chi connectivity index (χ1) is 10.2. The van der Waals surface area contributed by atoms with E-state index in [0.29, 0.717) is 12.1 Å². The molecule has 0 aromatic heterocycles. The highest BCUT2D eigenvalue weighted by atomic mass is 16.3. The molecular weight excluding hydrogens is 260 g/mol. The second-order valence-electron chi connectivity index (χ2n) is 6.76. The fourth-order valence-corrected chi connectivity index (χ4v) is 3.83. The monoisotopic (exact) mass is 288 g/mol. The van der Waals surface area contributed by atoms with Gasteiger partial charge >= 0.3 is 0 Å². The van der Waals surface area contributed by atoms with Gasteiger partial charge in [-0.2, -0.15) is 0 Å². The van der Waals surface area contributed by atoms with Gasteiger partial charge < -0.3 is 5.11 Å². The molecule has 2 fully saturated rings. The van der Waals surface area contributed by atoms with E-state index in [1.54, 1.807) is 0 Å². The summed E-state index contributed by atoms with van der Waals surface area (Å²) >= 11 is 0. The molecule has 1 atom stereocenters. The van der Waals surface area contributed by atoms with Gasteiger partial charge in [0.1, 0.15) is 0 Å². The van der Waals surface area contributed by atoms with Crippen LogP contribution in [0.5, 0.6) is 0 Å². The first-order valence-electron chi connectivity index (χ1n) is 8.42. The summed E-state index contributed by atoms with van der Waals surface area (Å²) in [5.74, 6) is 0. The molecule has 1 unspecified atom stereocenters. The van der Waals surface area contributed by atoms with Gasteiger partial charge in [0.05, 0.1) is 6.10 Å². The lowest BCUT2D eigenvalue weighted by Gasteiger charge is -2.44. The van der Waals surface area contributed by atoms with Crippen LogP contribution >= 0.6 is 0 Å². The lowest BCUT2D eigenvalue weighted by atomic mass is 9.91. The van der Waals surface area contributed by atoms with E-state index in [1.807, 2.05) is 0 Å². The molecule has 0 amide bonds. The topological polar surface area (TPSA) is 26.7 Å². The van der Waals surface area contributed by atoms with Crippen LogP contribution < -0.4 is 0 Å². The Morgan fingerprint density at radius 3 is 2.43 bits per heavy atom. The molecule has 116 valence electrons. The molecular formula is C18H28N2O. The van der Waals surface area contributed by atoms with Crippen LogP contribution in [-0.4, -0.2) is 52.7 Å². The van der Waals surface area contributed by atoms with E-state index in [2.05, 4.69) is 47.1 Å². The third kappa shape index (κ3) is 3.85. The van der Waals surface area contributed by atoms with Crippen molar-refractivity contribution in [2.75, 3.05) is 19.6 Å². The molecule has 1 aromatic carbocycles. The Labute approximate surface area is 128 Å². The van der Waals surface area contributed by atoms with Crippen LogP contribution in [0, 0.1) is 0 Å². The molecule has 1 heterocycles. The van der Waals surface area contributed by atoms with Gasteiger partial charge in [-0.15, -0.1) is 0 Å². The molecule has 1 saturated carbocycles. The first kappa shape index (κ1) is 15.0. The van der Waals surface area contributed by atoms with Crippen molar-refractivity contribution in [3.05, 3.63) is 35.9 Å². The molecule has 1 N–H and O–H groups in total. The highest BCUT2D eigenvalue weighted by Crippen LogP contribution is 2.25. The second kappa shape index (κ2) is 6.91. The zero-order valence-corrected chi connectivity index (χ0v) is 13.1. The zero-order chi connectivity index (χ0) is 14.7. The van der Waals surface area contributed by atoms with Gasteiger partial charge in [-0.25, -0.2) is 0 Å². The Hall–Kier alpha value is -0.900. The number of hydrogen-bond acceptors (Lipinski definition) is 3. The molecule has 3 heteroatoms. The van der Waals surface area contributed by atoms with Crippen molar-refractivity contribution in [3.63, 3.8) is 0 Å². The molecule has 0 bridgehead atoms. The van der Waals surface area contributed by atoms with Crippen molar-refractivity contribution >= 4 is 0 Å². The van der Waals surface area contributed by atoms with Gasteiger partial charge in [-0.1, -0.05) is 30.3 Å². The third-order valence-electron chi connectivity index (χ3n) is 5.21.